The van der Waals surface area contributed by atoms with Gasteiger partial charge in [0.2, 0.25) is 0 Å². The Bertz CT molecular complexity index is 1430. The summed E-state index contributed by atoms with van der Waals surface area (Å²) in [5, 5.41) is 11.1. The lowest BCUT2D eigenvalue weighted by molar-refractivity contribution is -0.114. The molecule has 170 valence electrons. The van der Waals surface area contributed by atoms with Crippen LogP contribution in [0.25, 0.3) is 17.5 Å². The summed E-state index contributed by atoms with van der Waals surface area (Å²) in [7, 11) is 1.63. The smallest absolute Gasteiger partial charge is 0.283 e. The normalized spacial score (nSPS) is 16.6. The van der Waals surface area contributed by atoms with Crippen LogP contribution < -0.4 is 4.74 Å². The summed E-state index contributed by atoms with van der Waals surface area (Å²) < 4.78 is 21.0. The van der Waals surface area contributed by atoms with E-state index in [0.29, 0.717) is 10.9 Å². The van der Waals surface area contributed by atoms with Gasteiger partial charge in [0.25, 0.3) is 5.91 Å². The Labute approximate surface area is 200 Å². The summed E-state index contributed by atoms with van der Waals surface area (Å²) in [5.41, 5.74) is 5.21. The summed E-state index contributed by atoms with van der Waals surface area (Å²) in [4.78, 5) is 18.7. The first-order chi connectivity index (χ1) is 16.4. The van der Waals surface area contributed by atoms with E-state index in [2.05, 4.69) is 9.56 Å². The van der Waals surface area contributed by atoms with E-state index in [-0.39, 0.29) is 17.2 Å². The molecule has 0 fully saturated rings. The molecule has 3 aromatic rings. The third kappa shape index (κ3) is 3.56. The number of ether oxygens (including phenoxy) is 1. The van der Waals surface area contributed by atoms with Gasteiger partial charge in [-0.3, -0.25) is 15.1 Å². The van der Waals surface area contributed by atoms with E-state index in [1.807, 2.05) is 49.6 Å². The molecular weight excluding hydrogens is 451 g/mol. The van der Waals surface area contributed by atoms with Crippen molar-refractivity contribution in [1.82, 2.24) is 9.47 Å². The zero-order valence-electron chi connectivity index (χ0n) is 18.8. The maximum absolute atomic E-state index is 13.4. The molecule has 2 aromatic carbocycles. The number of carbonyl (C=O) groups is 1. The van der Waals surface area contributed by atoms with Crippen molar-refractivity contribution < 1.29 is 13.9 Å². The van der Waals surface area contributed by atoms with Crippen LogP contribution in [-0.4, -0.2) is 33.5 Å². The lowest BCUT2D eigenvalue weighted by Crippen LogP contribution is -2.38. The van der Waals surface area contributed by atoms with Crippen LogP contribution >= 0.6 is 11.8 Å². The average molecular weight is 473 g/mol. The molecule has 2 aliphatic rings. The highest BCUT2D eigenvalue weighted by Crippen LogP contribution is 2.38. The molecule has 0 atom stereocenters. The predicted molar refractivity (Wildman–Crippen MR) is 134 cm³/mol. The number of rotatable bonds is 4. The third-order valence-corrected chi connectivity index (χ3v) is 6.68. The standard InChI is InChI=1S/C26H21FN4O2S/c1-15-12-18(16(2)30(15)21-6-4-5-7-23(21)33-3)13-20-24(28)31-22(14-34-26(31)29-25(20)32)17-8-10-19(27)11-9-17/h4-14,28H,1-3H3. The molecule has 0 aliphatic carbocycles. The summed E-state index contributed by atoms with van der Waals surface area (Å²) in [6.45, 7) is 3.95. The van der Waals surface area contributed by atoms with Crippen molar-refractivity contribution in [3.8, 4) is 11.4 Å². The van der Waals surface area contributed by atoms with Crippen molar-refractivity contribution in [2.75, 3.05) is 7.11 Å². The first-order valence-electron chi connectivity index (χ1n) is 10.6. The molecule has 2 aliphatic heterocycles. The van der Waals surface area contributed by atoms with E-state index >= 15 is 0 Å². The van der Waals surface area contributed by atoms with Crippen molar-refractivity contribution >= 4 is 40.4 Å². The van der Waals surface area contributed by atoms with Gasteiger partial charge in [-0.2, -0.15) is 4.99 Å². The van der Waals surface area contributed by atoms with Gasteiger partial charge in [0, 0.05) is 16.8 Å². The average Bonchev–Trinajstić information content (AvgIpc) is 3.37. The zero-order chi connectivity index (χ0) is 24.0. The van der Waals surface area contributed by atoms with E-state index in [0.717, 1.165) is 34.0 Å². The summed E-state index contributed by atoms with van der Waals surface area (Å²) >= 11 is 1.27. The third-order valence-electron chi connectivity index (χ3n) is 5.85. The number of para-hydroxylation sites is 2. The molecule has 1 amide bonds. The highest BCUT2D eigenvalue weighted by atomic mass is 32.2. The number of halogens is 1. The van der Waals surface area contributed by atoms with E-state index in [9.17, 15) is 9.18 Å². The molecule has 0 saturated heterocycles. The number of hydrogen-bond acceptors (Lipinski definition) is 4. The van der Waals surface area contributed by atoms with Crippen LogP contribution in [0.3, 0.4) is 0 Å². The Hall–Kier alpha value is -3.91. The minimum absolute atomic E-state index is 0.0395. The number of aliphatic imine (C=N–C) groups is 1. The van der Waals surface area contributed by atoms with Gasteiger partial charge in [0.1, 0.15) is 17.4 Å². The fourth-order valence-corrected chi connectivity index (χ4v) is 5.09. The SMILES string of the molecule is COc1ccccc1-n1c(C)cc(C=C2C(=N)N3C(c4ccc(F)cc4)=CSC3=NC2=O)c1C. The number of carbonyl (C=O) groups excluding carboxylic acids is 1. The number of benzene rings is 2. The number of nitrogens with zero attached hydrogens (tertiary/aromatic N) is 3. The molecule has 0 unspecified atom stereocenters. The number of aromatic nitrogens is 1. The Morgan fingerprint density at radius 2 is 1.85 bits per heavy atom. The number of aryl methyl sites for hydroxylation is 1. The largest absolute Gasteiger partial charge is 0.495 e. The van der Waals surface area contributed by atoms with Crippen molar-refractivity contribution in [3.05, 3.63) is 93.9 Å². The quantitative estimate of drug-likeness (QED) is 0.506. The van der Waals surface area contributed by atoms with Crippen molar-refractivity contribution in [1.29, 1.82) is 5.41 Å². The van der Waals surface area contributed by atoms with Crippen LogP contribution in [0.1, 0.15) is 22.5 Å². The minimum atomic E-state index is -0.459. The number of hydrogen-bond donors (Lipinski definition) is 1. The Kier molecular flexibility index (Phi) is 5.45. The lowest BCUT2D eigenvalue weighted by Gasteiger charge is -2.27. The molecule has 1 aromatic heterocycles. The molecule has 3 heterocycles. The number of amides is 1. The second-order valence-electron chi connectivity index (χ2n) is 7.90. The molecule has 5 rings (SSSR count). The van der Waals surface area contributed by atoms with Crippen LogP contribution in [0.2, 0.25) is 0 Å². The monoisotopic (exact) mass is 472 g/mol. The van der Waals surface area contributed by atoms with Gasteiger partial charge in [-0.05, 0) is 73.5 Å². The van der Waals surface area contributed by atoms with Crippen LogP contribution in [-0.2, 0) is 4.79 Å². The maximum Gasteiger partial charge on any atom is 0.283 e. The molecule has 0 spiro atoms. The van der Waals surface area contributed by atoms with Gasteiger partial charge in [-0.25, -0.2) is 4.39 Å². The predicted octanol–water partition coefficient (Wildman–Crippen LogP) is 5.55. The van der Waals surface area contributed by atoms with Gasteiger partial charge in [-0.15, -0.1) is 0 Å². The number of nitrogens with one attached hydrogen (secondary N) is 1. The number of fused-ring (bicyclic) bond motifs is 1. The van der Waals surface area contributed by atoms with Gasteiger partial charge in [-0.1, -0.05) is 23.9 Å². The van der Waals surface area contributed by atoms with Crippen molar-refractivity contribution in [2.45, 2.75) is 13.8 Å². The second kappa shape index (κ2) is 8.46. The van der Waals surface area contributed by atoms with E-state index in [4.69, 9.17) is 10.1 Å². The molecule has 34 heavy (non-hydrogen) atoms. The van der Waals surface area contributed by atoms with Gasteiger partial charge < -0.3 is 9.30 Å². The highest BCUT2D eigenvalue weighted by molar-refractivity contribution is 8.17. The van der Waals surface area contributed by atoms with Crippen molar-refractivity contribution in [2.24, 2.45) is 4.99 Å². The summed E-state index contributed by atoms with van der Waals surface area (Å²) in [5.74, 6) is -0.0153. The summed E-state index contributed by atoms with van der Waals surface area (Å²) in [6.07, 6.45) is 1.71. The molecule has 0 radical (unpaired) electrons. The van der Waals surface area contributed by atoms with E-state index in [1.165, 1.54) is 23.9 Å². The Morgan fingerprint density at radius 1 is 1.12 bits per heavy atom. The highest BCUT2D eigenvalue weighted by Gasteiger charge is 2.36. The Balaban J connectivity index is 1.55. The van der Waals surface area contributed by atoms with Crippen LogP contribution in [0.4, 0.5) is 4.39 Å². The van der Waals surface area contributed by atoms with Gasteiger partial charge in [0.05, 0.1) is 24.1 Å². The molecule has 8 heteroatoms. The fraction of sp³-hybridized carbons (Fsp3) is 0.115. The lowest BCUT2D eigenvalue weighted by atomic mass is 10.1. The van der Waals surface area contributed by atoms with Crippen LogP contribution in [0.5, 0.6) is 5.75 Å². The first-order valence-corrected chi connectivity index (χ1v) is 11.5. The molecule has 0 saturated carbocycles. The van der Waals surface area contributed by atoms with Crippen molar-refractivity contribution in [3.63, 3.8) is 0 Å². The number of thioether (sulfide) groups is 1. The fourth-order valence-electron chi connectivity index (χ4n) is 4.20. The first kappa shape index (κ1) is 21.9. The van der Waals surface area contributed by atoms with E-state index in [1.54, 1.807) is 30.2 Å². The topological polar surface area (TPSA) is 70.7 Å². The zero-order valence-corrected chi connectivity index (χ0v) is 19.6. The van der Waals surface area contributed by atoms with Gasteiger partial charge >= 0.3 is 0 Å². The van der Waals surface area contributed by atoms with E-state index < -0.39 is 5.91 Å². The summed E-state index contributed by atoms with van der Waals surface area (Å²) in [6, 6.07) is 15.8. The Morgan fingerprint density at radius 3 is 2.59 bits per heavy atom. The molecule has 6 nitrogen and oxygen atoms in total. The van der Waals surface area contributed by atoms with Crippen LogP contribution in [0, 0.1) is 25.1 Å². The second-order valence-corrected chi connectivity index (χ2v) is 8.74. The van der Waals surface area contributed by atoms with Crippen LogP contribution in [0.15, 0.2) is 70.6 Å². The molecule has 1 N–H and O–H groups in total. The molecule has 0 bridgehead atoms. The maximum atomic E-state index is 13.4. The number of amidine groups is 2. The minimum Gasteiger partial charge on any atom is -0.495 e. The number of methoxy groups -OCH3 is 1. The van der Waals surface area contributed by atoms with Gasteiger partial charge in [0.15, 0.2) is 5.17 Å². The molecular formula is C26H21FN4O2S.